The van der Waals surface area contributed by atoms with Gasteiger partial charge in [0.15, 0.2) is 12.6 Å². The minimum atomic E-state index is -1.79. The summed E-state index contributed by atoms with van der Waals surface area (Å²) in [6.45, 7) is 2.75. The first-order valence-corrected chi connectivity index (χ1v) is 34.8. The normalized spacial score (nSPS) is 23.9. The van der Waals surface area contributed by atoms with E-state index >= 15 is 0 Å². The predicted octanol–water partition coefficient (Wildman–Crippen LogP) is 14.0. The topological polar surface area (TPSA) is 228 Å². The van der Waals surface area contributed by atoms with E-state index in [-0.39, 0.29) is 18.9 Å². The summed E-state index contributed by atoms with van der Waals surface area (Å²) in [6.07, 6.45) is 60.2. The number of rotatable bonds is 56. The van der Waals surface area contributed by atoms with E-state index < -0.39 is 86.8 Å². The first kappa shape index (κ1) is 79.3. The lowest BCUT2D eigenvalue weighted by molar-refractivity contribution is -0.359. The Morgan fingerprint density at radius 1 is 0.430 bits per heavy atom. The molecule has 0 aromatic carbocycles. The van der Waals surface area contributed by atoms with Crippen LogP contribution in [0, 0.1) is 0 Å². The molecule has 12 atom stereocenters. The van der Waals surface area contributed by atoms with Crippen LogP contribution in [0.3, 0.4) is 0 Å². The molecular formula is C72H127NO13. The fourth-order valence-corrected chi connectivity index (χ4v) is 11.1. The average Bonchev–Trinajstić information content (AvgIpc) is 2.54. The summed E-state index contributed by atoms with van der Waals surface area (Å²) in [7, 11) is 0. The van der Waals surface area contributed by atoms with E-state index in [0.29, 0.717) is 12.8 Å². The van der Waals surface area contributed by atoms with Crippen molar-refractivity contribution >= 4 is 5.91 Å². The third-order valence-corrected chi connectivity index (χ3v) is 16.6. The van der Waals surface area contributed by atoms with Crippen LogP contribution in [0.15, 0.2) is 85.1 Å². The zero-order chi connectivity index (χ0) is 62.3. The summed E-state index contributed by atoms with van der Waals surface area (Å²) in [5, 5.41) is 87.6. The Balaban J connectivity index is 1.71. The van der Waals surface area contributed by atoms with E-state index in [1.54, 1.807) is 0 Å². The Morgan fingerprint density at radius 2 is 0.802 bits per heavy atom. The van der Waals surface area contributed by atoms with Gasteiger partial charge in [-0.3, -0.25) is 4.79 Å². The maximum absolute atomic E-state index is 13.3. The molecule has 0 saturated carbocycles. The Hall–Kier alpha value is -2.83. The number of aliphatic hydroxyl groups is 8. The zero-order valence-corrected chi connectivity index (χ0v) is 54.0. The standard InChI is InChI=1S/C72H127NO13/c1-3-5-7-9-11-13-15-17-19-21-23-25-27-29-30-32-33-35-37-39-41-43-45-47-49-51-53-55-61(76)60(59-83-71-69(82)67(80)70(63(58-75)85-71)86-72-68(81)66(79)65(78)62(57-74)84-72)73-64(77)56-54-52-50-48-46-44-42-40-38-36-34-31-28-26-24-22-20-18-16-14-12-10-8-6-4-2/h6,8,12,14,18,20,24,26,31,34,38,40,44,46,60-63,65-72,74-76,78-82H,3-5,7,9-11,13,15-17,19,21-23,25,27-30,32-33,35-37,39,41-43,45,47-59H2,1-2H3,(H,73,77)/b8-6-,14-12-,20-18-,26-24-,34-31-,40-38-,46-44-. The number of aliphatic hydroxyl groups excluding tert-OH is 8. The van der Waals surface area contributed by atoms with Crippen LogP contribution in [0.1, 0.15) is 271 Å². The number of hydrogen-bond acceptors (Lipinski definition) is 13. The molecule has 14 nitrogen and oxygen atoms in total. The molecule has 14 heteroatoms. The summed E-state index contributed by atoms with van der Waals surface area (Å²) >= 11 is 0. The molecule has 2 fully saturated rings. The van der Waals surface area contributed by atoms with Gasteiger partial charge in [0.1, 0.15) is 48.8 Å². The Labute approximate surface area is 522 Å². The van der Waals surface area contributed by atoms with Crippen molar-refractivity contribution in [1.82, 2.24) is 5.32 Å². The van der Waals surface area contributed by atoms with Gasteiger partial charge >= 0.3 is 0 Å². The summed E-state index contributed by atoms with van der Waals surface area (Å²) in [6, 6.07) is -0.855. The molecule has 2 aliphatic heterocycles. The average molecular weight is 1210 g/mol. The molecule has 2 saturated heterocycles. The Kier molecular flexibility index (Phi) is 51.8. The molecule has 0 radical (unpaired) electrons. The lowest BCUT2D eigenvalue weighted by Crippen LogP contribution is -2.65. The number of ether oxygens (including phenoxy) is 4. The number of amides is 1. The van der Waals surface area contributed by atoms with Gasteiger partial charge in [-0.15, -0.1) is 0 Å². The number of hydrogen-bond donors (Lipinski definition) is 9. The molecule has 0 aromatic heterocycles. The first-order valence-electron chi connectivity index (χ1n) is 34.8. The molecule has 0 spiro atoms. The van der Waals surface area contributed by atoms with Crippen LogP contribution in [0.5, 0.6) is 0 Å². The highest BCUT2D eigenvalue weighted by Gasteiger charge is 2.51. The van der Waals surface area contributed by atoms with Gasteiger partial charge in [0.25, 0.3) is 0 Å². The minimum Gasteiger partial charge on any atom is -0.394 e. The van der Waals surface area contributed by atoms with Gasteiger partial charge in [0, 0.05) is 6.42 Å². The van der Waals surface area contributed by atoms with E-state index in [1.165, 1.54) is 148 Å². The van der Waals surface area contributed by atoms with Gasteiger partial charge in [0.05, 0.1) is 32.0 Å². The Morgan fingerprint density at radius 3 is 1.22 bits per heavy atom. The van der Waals surface area contributed by atoms with Crippen LogP contribution in [0.2, 0.25) is 0 Å². The molecule has 498 valence electrons. The predicted molar refractivity (Wildman–Crippen MR) is 350 cm³/mol. The first-order chi connectivity index (χ1) is 42.1. The summed E-state index contributed by atoms with van der Waals surface area (Å²) < 4.78 is 22.9. The fourth-order valence-electron chi connectivity index (χ4n) is 11.1. The lowest BCUT2D eigenvalue weighted by atomic mass is 9.97. The number of allylic oxidation sites excluding steroid dienone is 14. The molecule has 2 rings (SSSR count). The van der Waals surface area contributed by atoms with Crippen LogP contribution >= 0.6 is 0 Å². The van der Waals surface area contributed by atoms with Crippen LogP contribution < -0.4 is 5.32 Å². The maximum Gasteiger partial charge on any atom is 0.220 e. The van der Waals surface area contributed by atoms with Crippen molar-refractivity contribution in [1.29, 1.82) is 0 Å². The molecule has 86 heavy (non-hydrogen) atoms. The summed E-state index contributed by atoms with van der Waals surface area (Å²) in [5.74, 6) is -0.238. The molecule has 0 aliphatic carbocycles. The highest BCUT2D eigenvalue weighted by molar-refractivity contribution is 5.76. The smallest absolute Gasteiger partial charge is 0.220 e. The van der Waals surface area contributed by atoms with Crippen molar-refractivity contribution in [2.75, 3.05) is 19.8 Å². The van der Waals surface area contributed by atoms with E-state index in [1.807, 2.05) is 0 Å². The summed E-state index contributed by atoms with van der Waals surface area (Å²) in [4.78, 5) is 13.3. The van der Waals surface area contributed by atoms with E-state index in [0.717, 1.165) is 89.9 Å². The molecule has 12 unspecified atom stereocenters. The van der Waals surface area contributed by atoms with Crippen LogP contribution in [0.4, 0.5) is 0 Å². The van der Waals surface area contributed by atoms with Crippen molar-refractivity contribution in [3.05, 3.63) is 85.1 Å². The highest BCUT2D eigenvalue weighted by Crippen LogP contribution is 2.30. The van der Waals surface area contributed by atoms with E-state index in [2.05, 4.69) is 104 Å². The molecule has 2 aliphatic rings. The van der Waals surface area contributed by atoms with E-state index in [9.17, 15) is 45.6 Å². The van der Waals surface area contributed by atoms with Gasteiger partial charge in [-0.1, -0.05) is 279 Å². The van der Waals surface area contributed by atoms with Crippen molar-refractivity contribution in [2.24, 2.45) is 0 Å². The largest absolute Gasteiger partial charge is 0.394 e. The third kappa shape index (κ3) is 40.0. The lowest BCUT2D eigenvalue weighted by Gasteiger charge is -2.46. The second-order valence-corrected chi connectivity index (χ2v) is 24.3. The SMILES string of the molecule is CC/C=C\C/C=C\C/C=C\C/C=C\C/C=C\C/C=C\C/C=C\CCCCCC(=O)NC(COC1OC(CO)C(OC2OC(CO)C(O)C(O)C2O)C(O)C1O)C(O)CCCCCCCCCCCCCCCCCCCCCCCCCCCCC. The summed E-state index contributed by atoms with van der Waals surface area (Å²) in [5.41, 5.74) is 0. The van der Waals surface area contributed by atoms with Gasteiger partial charge in [0.2, 0.25) is 5.91 Å². The number of nitrogens with one attached hydrogen (secondary N) is 1. The van der Waals surface area contributed by atoms with Crippen molar-refractivity contribution in [3.63, 3.8) is 0 Å². The minimum absolute atomic E-state index is 0.238. The van der Waals surface area contributed by atoms with Gasteiger partial charge < -0.3 is 65.1 Å². The quantitative estimate of drug-likeness (QED) is 0.0204. The van der Waals surface area contributed by atoms with Gasteiger partial charge in [-0.25, -0.2) is 0 Å². The molecular weight excluding hydrogens is 1090 g/mol. The number of carbonyl (C=O) groups excluding carboxylic acids is 1. The zero-order valence-electron chi connectivity index (χ0n) is 54.0. The van der Waals surface area contributed by atoms with Gasteiger partial charge in [-0.05, 0) is 70.6 Å². The molecule has 0 aromatic rings. The van der Waals surface area contributed by atoms with Crippen LogP contribution in [0.25, 0.3) is 0 Å². The van der Waals surface area contributed by atoms with Crippen molar-refractivity contribution in [3.8, 4) is 0 Å². The molecule has 1 amide bonds. The fraction of sp³-hybridized carbons (Fsp3) is 0.792. The van der Waals surface area contributed by atoms with Crippen molar-refractivity contribution in [2.45, 2.75) is 344 Å². The molecule has 9 N–H and O–H groups in total. The number of carbonyl (C=O) groups is 1. The van der Waals surface area contributed by atoms with Crippen molar-refractivity contribution < 1.29 is 64.6 Å². The van der Waals surface area contributed by atoms with Gasteiger partial charge in [-0.2, -0.15) is 0 Å². The third-order valence-electron chi connectivity index (χ3n) is 16.6. The van der Waals surface area contributed by atoms with E-state index in [4.69, 9.17) is 18.9 Å². The molecule has 2 heterocycles. The monoisotopic (exact) mass is 1210 g/mol. The second-order valence-electron chi connectivity index (χ2n) is 24.3. The molecule has 0 bridgehead atoms. The highest BCUT2D eigenvalue weighted by atomic mass is 16.7. The maximum atomic E-state index is 13.3. The Bertz CT molecular complexity index is 1770. The second kappa shape index (κ2) is 56.2. The van der Waals surface area contributed by atoms with Crippen LogP contribution in [-0.2, 0) is 23.7 Å². The number of unbranched alkanes of at least 4 members (excludes halogenated alkanes) is 29. The van der Waals surface area contributed by atoms with Crippen LogP contribution in [-0.4, -0.2) is 140 Å².